The molecule has 0 atom stereocenters. The van der Waals surface area contributed by atoms with E-state index >= 15 is 0 Å². The second-order valence-electron chi connectivity index (χ2n) is 5.89. The van der Waals surface area contributed by atoms with Gasteiger partial charge < -0.3 is 15.0 Å². The van der Waals surface area contributed by atoms with E-state index in [9.17, 15) is 0 Å². The van der Waals surface area contributed by atoms with Gasteiger partial charge in [0.2, 0.25) is 0 Å². The molecule has 0 aromatic rings. The zero-order valence-electron chi connectivity index (χ0n) is 11.5. The Kier molecular flexibility index (Phi) is 5.78. The molecule has 0 spiro atoms. The van der Waals surface area contributed by atoms with Crippen molar-refractivity contribution in [3.8, 4) is 0 Å². The lowest BCUT2D eigenvalue weighted by Gasteiger charge is -2.34. The molecule has 0 saturated carbocycles. The van der Waals surface area contributed by atoms with Crippen LogP contribution in [0.3, 0.4) is 0 Å². The molecule has 0 saturated heterocycles. The Labute approximate surface area is 95.2 Å². The molecular formula is C12H28N2O. The first kappa shape index (κ1) is 14.9. The highest BCUT2D eigenvalue weighted by Gasteiger charge is 2.23. The maximum Gasteiger partial charge on any atom is 0.0645 e. The van der Waals surface area contributed by atoms with Crippen LogP contribution in [0.25, 0.3) is 0 Å². The van der Waals surface area contributed by atoms with Crippen molar-refractivity contribution in [2.75, 3.05) is 40.9 Å². The van der Waals surface area contributed by atoms with E-state index in [-0.39, 0.29) is 11.0 Å². The minimum Gasteiger partial charge on any atom is -0.379 e. The molecule has 0 fully saturated rings. The van der Waals surface area contributed by atoms with Gasteiger partial charge in [-0.05, 0) is 35.0 Å². The second kappa shape index (κ2) is 5.83. The van der Waals surface area contributed by atoms with Crippen LogP contribution < -0.4 is 5.32 Å². The molecule has 0 heterocycles. The second-order valence-corrected chi connectivity index (χ2v) is 5.89. The van der Waals surface area contributed by atoms with Crippen LogP contribution in [0, 0.1) is 5.41 Å². The molecule has 0 radical (unpaired) electrons. The Balaban J connectivity index is 3.88. The highest BCUT2D eigenvalue weighted by molar-refractivity contribution is 4.77. The van der Waals surface area contributed by atoms with Crippen molar-refractivity contribution in [3.63, 3.8) is 0 Å². The summed E-state index contributed by atoms with van der Waals surface area (Å²) in [6.07, 6.45) is 0. The highest BCUT2D eigenvalue weighted by atomic mass is 16.5. The summed E-state index contributed by atoms with van der Waals surface area (Å²) in [6.45, 7) is 11.4. The Morgan fingerprint density at radius 1 is 1.07 bits per heavy atom. The SMILES string of the molecule is CNCC(C)(C)COCC(C)(C)N(C)C. The molecule has 0 aliphatic carbocycles. The average molecular weight is 216 g/mol. The van der Waals surface area contributed by atoms with Gasteiger partial charge in [0.1, 0.15) is 0 Å². The molecule has 0 bridgehead atoms. The predicted octanol–water partition coefficient (Wildman–Crippen LogP) is 1.59. The zero-order chi connectivity index (χ0) is 12.1. The Morgan fingerprint density at radius 3 is 2.00 bits per heavy atom. The van der Waals surface area contributed by atoms with E-state index in [1.165, 1.54) is 0 Å². The average Bonchev–Trinajstić information content (AvgIpc) is 2.02. The molecule has 0 aliphatic heterocycles. The van der Waals surface area contributed by atoms with Gasteiger partial charge in [-0.3, -0.25) is 0 Å². The van der Waals surface area contributed by atoms with E-state index in [1.54, 1.807) is 0 Å². The van der Waals surface area contributed by atoms with Crippen molar-refractivity contribution in [2.24, 2.45) is 5.41 Å². The van der Waals surface area contributed by atoms with Crippen LogP contribution in [-0.2, 0) is 4.74 Å². The first-order valence-corrected chi connectivity index (χ1v) is 5.61. The number of nitrogens with zero attached hydrogens (tertiary/aromatic N) is 1. The summed E-state index contributed by atoms with van der Waals surface area (Å²) in [7, 11) is 6.15. The minimum atomic E-state index is 0.107. The minimum absolute atomic E-state index is 0.107. The predicted molar refractivity (Wildman–Crippen MR) is 66.3 cm³/mol. The fraction of sp³-hybridized carbons (Fsp3) is 1.00. The van der Waals surface area contributed by atoms with Crippen LogP contribution in [0.15, 0.2) is 0 Å². The van der Waals surface area contributed by atoms with Gasteiger partial charge in [-0.15, -0.1) is 0 Å². The zero-order valence-corrected chi connectivity index (χ0v) is 11.5. The largest absolute Gasteiger partial charge is 0.379 e. The third-order valence-corrected chi connectivity index (χ3v) is 2.81. The fourth-order valence-corrected chi connectivity index (χ4v) is 1.24. The summed E-state index contributed by atoms with van der Waals surface area (Å²) < 4.78 is 5.80. The molecular weight excluding hydrogens is 188 g/mol. The van der Waals surface area contributed by atoms with E-state index in [0.29, 0.717) is 0 Å². The summed E-state index contributed by atoms with van der Waals surface area (Å²) in [5.74, 6) is 0. The molecule has 0 unspecified atom stereocenters. The standard InChI is InChI=1S/C12H28N2O/c1-11(2,8-13-5)9-15-10-12(3,4)14(6)7/h13H,8-10H2,1-7H3. The summed E-state index contributed by atoms with van der Waals surface area (Å²) in [4.78, 5) is 2.19. The molecule has 1 N–H and O–H groups in total. The maximum atomic E-state index is 5.80. The lowest BCUT2D eigenvalue weighted by molar-refractivity contribution is 0.000953. The first-order valence-electron chi connectivity index (χ1n) is 5.61. The number of hydrogen-bond acceptors (Lipinski definition) is 3. The summed E-state index contributed by atoms with van der Waals surface area (Å²) >= 11 is 0. The van der Waals surface area contributed by atoms with Crippen molar-refractivity contribution in [3.05, 3.63) is 0 Å². The van der Waals surface area contributed by atoms with Crippen LogP contribution in [0.1, 0.15) is 27.7 Å². The molecule has 92 valence electrons. The topological polar surface area (TPSA) is 24.5 Å². The third kappa shape index (κ3) is 6.13. The lowest BCUT2D eigenvalue weighted by atomic mass is 9.95. The normalized spacial score (nSPS) is 13.6. The van der Waals surface area contributed by atoms with E-state index in [1.807, 2.05) is 7.05 Å². The van der Waals surface area contributed by atoms with Gasteiger partial charge in [-0.2, -0.15) is 0 Å². The molecule has 3 heteroatoms. The van der Waals surface area contributed by atoms with Crippen LogP contribution in [0.5, 0.6) is 0 Å². The first-order chi connectivity index (χ1) is 6.71. The van der Waals surface area contributed by atoms with E-state index < -0.39 is 0 Å². The number of likely N-dealkylation sites (N-methyl/N-ethyl adjacent to an activating group) is 1. The van der Waals surface area contributed by atoms with Gasteiger partial charge in [0.05, 0.1) is 13.2 Å². The van der Waals surface area contributed by atoms with Crippen LogP contribution in [0.4, 0.5) is 0 Å². The molecule has 3 nitrogen and oxygen atoms in total. The Hall–Kier alpha value is -0.120. The highest BCUT2D eigenvalue weighted by Crippen LogP contribution is 2.16. The monoisotopic (exact) mass is 216 g/mol. The van der Waals surface area contributed by atoms with Gasteiger partial charge in [-0.1, -0.05) is 13.8 Å². The summed E-state index contributed by atoms with van der Waals surface area (Å²) in [6, 6.07) is 0. The molecule has 0 amide bonds. The molecule has 0 aliphatic rings. The molecule has 15 heavy (non-hydrogen) atoms. The van der Waals surface area contributed by atoms with Crippen LogP contribution in [-0.4, -0.2) is 51.3 Å². The van der Waals surface area contributed by atoms with Crippen LogP contribution >= 0.6 is 0 Å². The molecule has 0 aromatic carbocycles. The quantitative estimate of drug-likeness (QED) is 0.699. The maximum absolute atomic E-state index is 5.80. The van der Waals surface area contributed by atoms with Crippen LogP contribution in [0.2, 0.25) is 0 Å². The van der Waals surface area contributed by atoms with Crippen molar-refractivity contribution in [1.82, 2.24) is 10.2 Å². The van der Waals surface area contributed by atoms with Crippen molar-refractivity contribution < 1.29 is 4.74 Å². The van der Waals surface area contributed by atoms with Gasteiger partial charge in [-0.25, -0.2) is 0 Å². The Bertz CT molecular complexity index is 176. The third-order valence-electron chi connectivity index (χ3n) is 2.81. The van der Waals surface area contributed by atoms with Gasteiger partial charge >= 0.3 is 0 Å². The van der Waals surface area contributed by atoms with E-state index in [0.717, 1.165) is 19.8 Å². The van der Waals surface area contributed by atoms with Crippen molar-refractivity contribution in [2.45, 2.75) is 33.2 Å². The summed E-state index contributed by atoms with van der Waals surface area (Å²) in [5, 5.41) is 3.19. The molecule has 0 rings (SSSR count). The summed E-state index contributed by atoms with van der Waals surface area (Å²) in [5.41, 5.74) is 0.312. The van der Waals surface area contributed by atoms with Gasteiger partial charge in [0.25, 0.3) is 0 Å². The number of ether oxygens (including phenoxy) is 1. The van der Waals surface area contributed by atoms with Crippen molar-refractivity contribution in [1.29, 1.82) is 0 Å². The van der Waals surface area contributed by atoms with Gasteiger partial charge in [0.15, 0.2) is 0 Å². The van der Waals surface area contributed by atoms with Gasteiger partial charge in [0, 0.05) is 17.5 Å². The molecule has 0 aromatic heterocycles. The smallest absolute Gasteiger partial charge is 0.0645 e. The number of nitrogens with one attached hydrogen (secondary N) is 1. The van der Waals surface area contributed by atoms with E-state index in [2.05, 4.69) is 52.0 Å². The van der Waals surface area contributed by atoms with E-state index in [4.69, 9.17) is 4.74 Å². The Morgan fingerprint density at radius 2 is 1.60 bits per heavy atom. The van der Waals surface area contributed by atoms with Crippen molar-refractivity contribution >= 4 is 0 Å². The number of hydrogen-bond donors (Lipinski definition) is 1. The fourth-order valence-electron chi connectivity index (χ4n) is 1.24. The lowest BCUT2D eigenvalue weighted by Crippen LogP contribution is -2.43. The number of rotatable bonds is 7.